The van der Waals surface area contributed by atoms with Gasteiger partial charge in [0.25, 0.3) is 0 Å². The van der Waals surface area contributed by atoms with Crippen molar-refractivity contribution in [3.05, 3.63) is 34.9 Å². The van der Waals surface area contributed by atoms with E-state index in [2.05, 4.69) is 36.2 Å². The van der Waals surface area contributed by atoms with E-state index in [4.69, 9.17) is 11.6 Å². The average Bonchev–Trinajstić information content (AvgIpc) is 2.64. The van der Waals surface area contributed by atoms with Gasteiger partial charge >= 0.3 is 0 Å². The fraction of sp³-hybridized carbons (Fsp3) is 0.625. The van der Waals surface area contributed by atoms with Gasteiger partial charge in [-0.25, -0.2) is 0 Å². The van der Waals surface area contributed by atoms with E-state index in [1.54, 1.807) is 0 Å². The number of halogens is 1. The largest absolute Gasteiger partial charge is 0.307 e. The van der Waals surface area contributed by atoms with Crippen LogP contribution in [-0.2, 0) is 0 Å². The maximum atomic E-state index is 6.27. The van der Waals surface area contributed by atoms with Gasteiger partial charge in [0.2, 0.25) is 0 Å². The summed E-state index contributed by atoms with van der Waals surface area (Å²) in [6.45, 7) is 8.09. The predicted molar refractivity (Wildman–Crippen MR) is 82.8 cm³/mol. The molecule has 1 aliphatic heterocycles. The van der Waals surface area contributed by atoms with Crippen molar-refractivity contribution in [1.82, 2.24) is 10.2 Å². The van der Waals surface area contributed by atoms with E-state index in [-0.39, 0.29) is 0 Å². The molecule has 0 amide bonds. The summed E-state index contributed by atoms with van der Waals surface area (Å²) in [7, 11) is 0. The van der Waals surface area contributed by atoms with Gasteiger partial charge in [-0.1, -0.05) is 36.7 Å². The van der Waals surface area contributed by atoms with E-state index in [9.17, 15) is 0 Å². The third kappa shape index (κ3) is 4.20. The number of nitrogens with zero attached hydrogens (tertiary/aromatic N) is 1. The van der Waals surface area contributed by atoms with Gasteiger partial charge in [0.15, 0.2) is 0 Å². The Morgan fingerprint density at radius 2 is 2.11 bits per heavy atom. The Hall–Kier alpha value is -0.570. The Kier molecular flexibility index (Phi) is 5.68. The first-order valence-electron chi connectivity index (χ1n) is 7.43. The lowest BCUT2D eigenvalue weighted by molar-refractivity contribution is 0.295. The van der Waals surface area contributed by atoms with Crippen molar-refractivity contribution in [3.63, 3.8) is 0 Å². The van der Waals surface area contributed by atoms with Crippen LogP contribution in [0.25, 0.3) is 0 Å². The van der Waals surface area contributed by atoms with E-state index >= 15 is 0 Å². The quantitative estimate of drug-likeness (QED) is 0.901. The fourth-order valence-corrected chi connectivity index (χ4v) is 3.21. The highest BCUT2D eigenvalue weighted by molar-refractivity contribution is 6.31. The van der Waals surface area contributed by atoms with Gasteiger partial charge in [-0.2, -0.15) is 0 Å². The second-order valence-corrected chi connectivity index (χ2v) is 5.88. The predicted octanol–water partition coefficient (Wildman–Crippen LogP) is 3.87. The van der Waals surface area contributed by atoms with Crippen LogP contribution in [0.1, 0.15) is 44.7 Å². The molecule has 0 radical (unpaired) electrons. The molecule has 1 unspecified atom stereocenters. The number of likely N-dealkylation sites (tertiary alicyclic amines) is 1. The van der Waals surface area contributed by atoms with Crippen LogP contribution < -0.4 is 5.32 Å². The molecule has 1 N–H and O–H groups in total. The highest BCUT2D eigenvalue weighted by Crippen LogP contribution is 2.24. The fourth-order valence-electron chi connectivity index (χ4n) is 2.91. The van der Waals surface area contributed by atoms with Crippen molar-refractivity contribution in [2.24, 2.45) is 0 Å². The summed E-state index contributed by atoms with van der Waals surface area (Å²) in [6.07, 6.45) is 3.80. The number of benzene rings is 1. The smallest absolute Gasteiger partial charge is 0.0453 e. The minimum atomic E-state index is 0.326. The molecule has 1 heterocycles. The lowest BCUT2D eigenvalue weighted by atomic mass is 10.0. The molecule has 19 heavy (non-hydrogen) atoms. The summed E-state index contributed by atoms with van der Waals surface area (Å²) >= 11 is 6.27. The van der Waals surface area contributed by atoms with Gasteiger partial charge in [0.05, 0.1) is 0 Å². The van der Waals surface area contributed by atoms with Crippen molar-refractivity contribution < 1.29 is 0 Å². The molecule has 106 valence electrons. The standard InChI is InChI=1S/C16H25ClN2/c1-3-19-11-6-7-14(10-12-19)18-13(2)15-8-4-5-9-16(15)17/h4-5,8-9,13-14,18H,3,6-7,10-12H2,1-2H3/t13-,14?/m1/s1. The summed E-state index contributed by atoms with van der Waals surface area (Å²) in [5.74, 6) is 0. The molecule has 1 aromatic rings. The van der Waals surface area contributed by atoms with E-state index in [0.717, 1.165) is 5.02 Å². The van der Waals surface area contributed by atoms with E-state index in [1.807, 2.05) is 12.1 Å². The molecule has 2 rings (SSSR count). The lowest BCUT2D eigenvalue weighted by Gasteiger charge is -2.23. The summed E-state index contributed by atoms with van der Waals surface area (Å²) in [5.41, 5.74) is 1.21. The molecule has 0 saturated carbocycles. The molecule has 1 aromatic carbocycles. The van der Waals surface area contributed by atoms with E-state index in [0.29, 0.717) is 12.1 Å². The number of hydrogen-bond donors (Lipinski definition) is 1. The van der Waals surface area contributed by atoms with Gasteiger partial charge in [0, 0.05) is 17.1 Å². The van der Waals surface area contributed by atoms with Crippen LogP contribution in [0, 0.1) is 0 Å². The molecule has 0 bridgehead atoms. The molecular formula is C16H25ClN2. The zero-order valence-corrected chi connectivity index (χ0v) is 12.8. The first kappa shape index (κ1) is 14.8. The molecular weight excluding hydrogens is 256 g/mol. The first-order chi connectivity index (χ1) is 9.20. The molecule has 0 spiro atoms. The minimum absolute atomic E-state index is 0.326. The molecule has 3 heteroatoms. The van der Waals surface area contributed by atoms with Crippen LogP contribution in [-0.4, -0.2) is 30.6 Å². The number of rotatable bonds is 4. The highest BCUT2D eigenvalue weighted by atomic mass is 35.5. The van der Waals surface area contributed by atoms with E-state index in [1.165, 1.54) is 44.5 Å². The Labute approximate surface area is 122 Å². The first-order valence-corrected chi connectivity index (χ1v) is 7.81. The SMILES string of the molecule is CCN1CCCC(N[C@H](C)c2ccccc2Cl)CC1. The van der Waals surface area contributed by atoms with Crippen molar-refractivity contribution >= 4 is 11.6 Å². The van der Waals surface area contributed by atoms with Crippen molar-refractivity contribution in [3.8, 4) is 0 Å². The molecule has 1 saturated heterocycles. The molecule has 1 fully saturated rings. The Morgan fingerprint density at radius 1 is 1.32 bits per heavy atom. The van der Waals surface area contributed by atoms with Crippen molar-refractivity contribution in [2.75, 3.05) is 19.6 Å². The summed E-state index contributed by atoms with van der Waals surface area (Å²) < 4.78 is 0. The van der Waals surface area contributed by atoms with Gasteiger partial charge in [-0.3, -0.25) is 0 Å². The van der Waals surface area contributed by atoms with Gasteiger partial charge < -0.3 is 10.2 Å². The monoisotopic (exact) mass is 280 g/mol. The average molecular weight is 281 g/mol. The zero-order valence-electron chi connectivity index (χ0n) is 12.0. The van der Waals surface area contributed by atoms with Gasteiger partial charge in [-0.15, -0.1) is 0 Å². The molecule has 0 aliphatic carbocycles. The summed E-state index contributed by atoms with van der Waals surface area (Å²) in [6, 6.07) is 9.08. The molecule has 0 aromatic heterocycles. The van der Waals surface area contributed by atoms with Crippen LogP contribution in [0.4, 0.5) is 0 Å². The zero-order chi connectivity index (χ0) is 13.7. The molecule has 2 nitrogen and oxygen atoms in total. The highest BCUT2D eigenvalue weighted by Gasteiger charge is 2.18. The molecule has 2 atom stereocenters. The Bertz CT molecular complexity index is 394. The lowest BCUT2D eigenvalue weighted by Crippen LogP contribution is -2.33. The summed E-state index contributed by atoms with van der Waals surface area (Å²) in [5, 5.41) is 4.62. The maximum Gasteiger partial charge on any atom is 0.0453 e. The minimum Gasteiger partial charge on any atom is -0.307 e. The van der Waals surface area contributed by atoms with Crippen LogP contribution in [0.5, 0.6) is 0 Å². The van der Waals surface area contributed by atoms with Gasteiger partial charge in [-0.05, 0) is 57.5 Å². The normalized spacial score (nSPS) is 23.0. The van der Waals surface area contributed by atoms with E-state index < -0.39 is 0 Å². The van der Waals surface area contributed by atoms with Crippen LogP contribution in [0.3, 0.4) is 0 Å². The second-order valence-electron chi connectivity index (χ2n) is 5.47. The summed E-state index contributed by atoms with van der Waals surface area (Å²) in [4.78, 5) is 2.54. The maximum absolute atomic E-state index is 6.27. The third-order valence-corrected chi connectivity index (χ3v) is 4.47. The molecule has 1 aliphatic rings. The Balaban J connectivity index is 1.92. The number of hydrogen-bond acceptors (Lipinski definition) is 2. The van der Waals surface area contributed by atoms with Crippen molar-refractivity contribution in [1.29, 1.82) is 0 Å². The van der Waals surface area contributed by atoms with Crippen molar-refractivity contribution in [2.45, 2.75) is 45.2 Å². The van der Waals surface area contributed by atoms with Crippen LogP contribution in [0.15, 0.2) is 24.3 Å². The van der Waals surface area contributed by atoms with Crippen LogP contribution in [0.2, 0.25) is 5.02 Å². The number of nitrogens with one attached hydrogen (secondary N) is 1. The Morgan fingerprint density at radius 3 is 2.84 bits per heavy atom. The third-order valence-electron chi connectivity index (χ3n) is 4.13. The second kappa shape index (κ2) is 7.28. The van der Waals surface area contributed by atoms with Gasteiger partial charge in [0.1, 0.15) is 0 Å². The van der Waals surface area contributed by atoms with Crippen LogP contribution >= 0.6 is 11.6 Å². The topological polar surface area (TPSA) is 15.3 Å².